The first-order chi connectivity index (χ1) is 12.2. The van der Waals surface area contributed by atoms with Gasteiger partial charge in [-0.15, -0.1) is 0 Å². The van der Waals surface area contributed by atoms with Crippen molar-refractivity contribution in [1.29, 1.82) is 0 Å². The molecular formula is C20H20BrNO3. The van der Waals surface area contributed by atoms with Crippen molar-refractivity contribution >= 4 is 21.8 Å². The molecule has 25 heavy (non-hydrogen) atoms. The van der Waals surface area contributed by atoms with E-state index in [9.17, 15) is 4.79 Å². The lowest BCUT2D eigenvalue weighted by molar-refractivity contribution is 0.0735. The van der Waals surface area contributed by atoms with Crippen molar-refractivity contribution in [2.45, 2.75) is 25.3 Å². The number of halogens is 1. The van der Waals surface area contributed by atoms with E-state index in [-0.39, 0.29) is 11.9 Å². The zero-order chi connectivity index (χ0) is 17.2. The van der Waals surface area contributed by atoms with Crippen molar-refractivity contribution in [2.24, 2.45) is 0 Å². The van der Waals surface area contributed by atoms with Crippen LogP contribution < -0.4 is 9.47 Å². The molecule has 0 radical (unpaired) electrons. The number of carbonyl (C=O) groups excluding carboxylic acids is 1. The van der Waals surface area contributed by atoms with Gasteiger partial charge in [-0.3, -0.25) is 4.79 Å². The highest BCUT2D eigenvalue weighted by Crippen LogP contribution is 2.38. The number of fused-ring (bicyclic) bond motifs is 1. The summed E-state index contributed by atoms with van der Waals surface area (Å²) in [5.41, 5.74) is 1.84. The fourth-order valence-electron chi connectivity index (χ4n) is 3.50. The molecule has 1 amide bonds. The molecule has 1 atom stereocenters. The number of rotatable bonds is 2. The Labute approximate surface area is 155 Å². The zero-order valence-corrected chi connectivity index (χ0v) is 15.5. The maximum absolute atomic E-state index is 12.9. The molecule has 4 nitrogen and oxygen atoms in total. The second-order valence-electron chi connectivity index (χ2n) is 6.42. The molecule has 2 aromatic rings. The summed E-state index contributed by atoms with van der Waals surface area (Å²) in [5, 5.41) is 0. The molecule has 0 spiro atoms. The van der Waals surface area contributed by atoms with Crippen LogP contribution in [0.5, 0.6) is 11.5 Å². The number of benzene rings is 2. The molecule has 2 aliphatic heterocycles. The molecular weight excluding hydrogens is 382 g/mol. The summed E-state index contributed by atoms with van der Waals surface area (Å²) >= 11 is 3.42. The molecule has 0 unspecified atom stereocenters. The lowest BCUT2D eigenvalue weighted by Gasteiger charge is -2.26. The van der Waals surface area contributed by atoms with Crippen molar-refractivity contribution < 1.29 is 14.3 Å². The van der Waals surface area contributed by atoms with E-state index in [1.807, 2.05) is 41.3 Å². The van der Waals surface area contributed by atoms with Crippen molar-refractivity contribution in [3.05, 3.63) is 58.1 Å². The minimum absolute atomic E-state index is 0.0853. The molecule has 1 fully saturated rings. The molecule has 130 valence electrons. The Morgan fingerprint density at radius 3 is 2.56 bits per heavy atom. The maximum Gasteiger partial charge on any atom is 0.254 e. The second-order valence-corrected chi connectivity index (χ2v) is 7.34. The van der Waals surface area contributed by atoms with Crippen LogP contribution in [0, 0.1) is 0 Å². The van der Waals surface area contributed by atoms with Crippen molar-refractivity contribution in [2.75, 3.05) is 19.8 Å². The van der Waals surface area contributed by atoms with Crippen LogP contribution in [0.25, 0.3) is 0 Å². The number of hydrogen-bond acceptors (Lipinski definition) is 3. The molecule has 2 aromatic carbocycles. The predicted molar refractivity (Wildman–Crippen MR) is 99.2 cm³/mol. The van der Waals surface area contributed by atoms with E-state index in [1.165, 1.54) is 0 Å². The Bertz CT molecular complexity index is 775. The number of likely N-dealkylation sites (tertiary alicyclic amines) is 1. The summed E-state index contributed by atoms with van der Waals surface area (Å²) in [6.45, 7) is 2.14. The fraction of sp³-hybridized carbons (Fsp3) is 0.350. The van der Waals surface area contributed by atoms with Crippen LogP contribution in [-0.2, 0) is 0 Å². The number of hydrogen-bond donors (Lipinski definition) is 0. The molecule has 5 heteroatoms. The summed E-state index contributed by atoms with van der Waals surface area (Å²) in [7, 11) is 0. The Morgan fingerprint density at radius 2 is 1.76 bits per heavy atom. The SMILES string of the molecule is O=C(c1ccc(Br)cc1)N1CCC[C@H]1c1ccc2c(c1)OCCCO2. The van der Waals surface area contributed by atoms with Gasteiger partial charge in [-0.25, -0.2) is 0 Å². The number of amides is 1. The van der Waals surface area contributed by atoms with Gasteiger partial charge in [0.2, 0.25) is 0 Å². The highest BCUT2D eigenvalue weighted by molar-refractivity contribution is 9.10. The summed E-state index contributed by atoms with van der Waals surface area (Å²) in [6, 6.07) is 13.7. The average Bonchev–Trinajstić information content (AvgIpc) is 3.00. The first-order valence-corrected chi connectivity index (χ1v) is 9.48. The van der Waals surface area contributed by atoms with Gasteiger partial charge in [0.05, 0.1) is 19.3 Å². The van der Waals surface area contributed by atoms with Crippen LogP contribution in [0.4, 0.5) is 0 Å². The molecule has 4 rings (SSSR count). The Kier molecular flexibility index (Phi) is 4.66. The first kappa shape index (κ1) is 16.5. The molecule has 2 aliphatic rings. The van der Waals surface area contributed by atoms with E-state index < -0.39 is 0 Å². The van der Waals surface area contributed by atoms with Gasteiger partial charge in [-0.1, -0.05) is 22.0 Å². The first-order valence-electron chi connectivity index (χ1n) is 8.68. The highest BCUT2D eigenvalue weighted by atomic mass is 79.9. The quantitative estimate of drug-likeness (QED) is 0.738. The van der Waals surface area contributed by atoms with E-state index in [1.54, 1.807) is 0 Å². The van der Waals surface area contributed by atoms with Crippen LogP contribution >= 0.6 is 15.9 Å². The molecule has 0 N–H and O–H groups in total. The summed E-state index contributed by atoms with van der Waals surface area (Å²) in [5.74, 6) is 1.67. The summed E-state index contributed by atoms with van der Waals surface area (Å²) in [4.78, 5) is 14.9. The normalized spacial score (nSPS) is 19.6. The van der Waals surface area contributed by atoms with E-state index in [2.05, 4.69) is 22.0 Å². The van der Waals surface area contributed by atoms with E-state index in [0.29, 0.717) is 13.2 Å². The van der Waals surface area contributed by atoms with Crippen LogP contribution in [0.2, 0.25) is 0 Å². The predicted octanol–water partition coefficient (Wildman–Crippen LogP) is 4.59. The average molecular weight is 402 g/mol. The van der Waals surface area contributed by atoms with Gasteiger partial charge >= 0.3 is 0 Å². The second kappa shape index (κ2) is 7.08. The van der Waals surface area contributed by atoms with Crippen LogP contribution in [-0.4, -0.2) is 30.6 Å². The van der Waals surface area contributed by atoms with E-state index in [4.69, 9.17) is 9.47 Å². The Morgan fingerprint density at radius 1 is 1.00 bits per heavy atom. The standard InChI is InChI=1S/C20H20BrNO3/c21-16-7-4-14(5-8-16)20(23)22-10-1-3-17(22)15-6-9-18-19(13-15)25-12-2-11-24-18/h4-9,13,17H,1-3,10-12H2/t17-/m0/s1. The molecule has 0 aliphatic carbocycles. The number of nitrogens with zero attached hydrogens (tertiary/aromatic N) is 1. The van der Waals surface area contributed by atoms with Crippen molar-refractivity contribution in [3.8, 4) is 11.5 Å². The number of ether oxygens (including phenoxy) is 2. The highest BCUT2D eigenvalue weighted by Gasteiger charge is 2.31. The molecule has 0 bridgehead atoms. The third-order valence-electron chi connectivity index (χ3n) is 4.76. The number of carbonyl (C=O) groups is 1. The Balaban J connectivity index is 1.60. The van der Waals surface area contributed by atoms with Gasteiger partial charge < -0.3 is 14.4 Å². The third-order valence-corrected chi connectivity index (χ3v) is 5.29. The van der Waals surface area contributed by atoms with E-state index in [0.717, 1.165) is 52.9 Å². The minimum Gasteiger partial charge on any atom is -0.490 e. The van der Waals surface area contributed by atoms with Crippen molar-refractivity contribution in [3.63, 3.8) is 0 Å². The van der Waals surface area contributed by atoms with Crippen LogP contribution in [0.3, 0.4) is 0 Å². The van der Waals surface area contributed by atoms with Crippen molar-refractivity contribution in [1.82, 2.24) is 4.90 Å². The molecule has 0 aromatic heterocycles. The topological polar surface area (TPSA) is 38.8 Å². The van der Waals surface area contributed by atoms with E-state index >= 15 is 0 Å². The monoisotopic (exact) mass is 401 g/mol. The largest absolute Gasteiger partial charge is 0.490 e. The van der Waals surface area contributed by atoms with Gasteiger partial charge in [-0.2, -0.15) is 0 Å². The van der Waals surface area contributed by atoms with Gasteiger partial charge in [0.15, 0.2) is 11.5 Å². The zero-order valence-electron chi connectivity index (χ0n) is 13.9. The lowest BCUT2D eigenvalue weighted by Crippen LogP contribution is -2.30. The minimum atomic E-state index is 0.0853. The van der Waals surface area contributed by atoms with Gasteiger partial charge in [0.25, 0.3) is 5.91 Å². The fourth-order valence-corrected chi connectivity index (χ4v) is 3.77. The molecule has 2 heterocycles. The van der Waals surface area contributed by atoms with Crippen LogP contribution in [0.15, 0.2) is 46.9 Å². The Hall–Kier alpha value is -2.01. The van der Waals surface area contributed by atoms with Gasteiger partial charge in [0.1, 0.15) is 0 Å². The summed E-state index contributed by atoms with van der Waals surface area (Å²) < 4.78 is 12.5. The third kappa shape index (κ3) is 3.38. The van der Waals surface area contributed by atoms with Gasteiger partial charge in [-0.05, 0) is 54.8 Å². The lowest BCUT2D eigenvalue weighted by atomic mass is 10.0. The van der Waals surface area contributed by atoms with Crippen LogP contribution in [0.1, 0.15) is 41.2 Å². The maximum atomic E-state index is 12.9. The summed E-state index contributed by atoms with van der Waals surface area (Å²) in [6.07, 6.45) is 2.88. The molecule has 1 saturated heterocycles. The molecule has 0 saturated carbocycles. The van der Waals surface area contributed by atoms with Gasteiger partial charge in [0, 0.05) is 23.0 Å². The smallest absolute Gasteiger partial charge is 0.254 e.